The Kier molecular flexibility index (Phi) is 13.9. The van der Waals surface area contributed by atoms with Crippen LogP contribution >= 0.6 is 34.0 Å². The molecular weight excluding hydrogens is 1560 g/mol. The second-order valence-corrected chi connectivity index (χ2v) is 35.5. The van der Waals surface area contributed by atoms with E-state index in [-0.39, 0.29) is 0 Å². The minimum absolute atomic E-state index is 0.932. The highest BCUT2D eigenvalue weighted by Crippen LogP contribution is 2.51. The van der Waals surface area contributed by atoms with E-state index in [9.17, 15) is 0 Å². The van der Waals surface area contributed by atoms with Crippen molar-refractivity contribution in [1.29, 1.82) is 0 Å². The van der Waals surface area contributed by atoms with Crippen LogP contribution in [-0.4, -0.2) is 46.8 Å². The van der Waals surface area contributed by atoms with Gasteiger partial charge in [0.25, 0.3) is 0 Å². The van der Waals surface area contributed by atoms with Gasteiger partial charge in [0.2, 0.25) is 0 Å². The van der Waals surface area contributed by atoms with E-state index in [1.165, 1.54) is 186 Å². The Morgan fingerprint density at radius 3 is 0.862 bits per heavy atom. The fourth-order valence-corrected chi connectivity index (χ4v) is 24.1. The standard InChI is InChI=1S/2C37H21N3S.C36H20N4S/c2*1-2-10-22(11-3-1)39-32-21-28-26(23-12-4-7-15-30(23)40-31-16-8-6-14-29(31)38-37(28)40)20-27(32)24-18-19-34-35(36(24)39)25-13-5-9-17-33(25)41-34;1-2-9-21(10-3-1)39-30-20-27-25(23-12-8-18-37-35(23)40-29-14-6-5-13-28(29)38-36(27)40)19-26(30)22-16-17-32-33(34(22)39)24-11-4-7-15-31(24)41-32/h2*1-21H;1-20H. The highest BCUT2D eigenvalue weighted by Gasteiger charge is 2.27. The molecule has 0 spiro atoms. The topological polar surface area (TPSA) is 79.6 Å². The number of nitrogens with zero attached hydrogens (tertiary/aromatic N) is 10. The summed E-state index contributed by atoms with van der Waals surface area (Å²) in [6.45, 7) is 0. The molecule has 0 bridgehead atoms. The number of hydrogen-bond acceptors (Lipinski definition) is 7. The molecule has 17 aromatic carbocycles. The molecular formula is C110H62N10S3. The van der Waals surface area contributed by atoms with Gasteiger partial charge in [0, 0.05) is 148 Å². The van der Waals surface area contributed by atoms with E-state index in [4.69, 9.17) is 19.9 Å². The number of imidazole rings is 3. The summed E-state index contributed by atoms with van der Waals surface area (Å²) in [6, 6.07) is 134. The molecule has 13 heteroatoms. The first-order valence-electron chi connectivity index (χ1n) is 41.6. The molecule has 0 saturated heterocycles. The number of pyridine rings is 4. The van der Waals surface area contributed by atoms with Crippen molar-refractivity contribution in [3.05, 3.63) is 376 Å². The molecule has 0 radical (unpaired) electrons. The van der Waals surface area contributed by atoms with Crippen molar-refractivity contribution >= 4 is 275 Å². The third-order valence-corrected chi connectivity index (χ3v) is 29.2. The van der Waals surface area contributed by atoms with E-state index >= 15 is 0 Å². The summed E-state index contributed by atoms with van der Waals surface area (Å²) in [6.07, 6.45) is 1.88. The molecule has 30 aromatic rings. The molecule has 0 fully saturated rings. The van der Waals surface area contributed by atoms with Crippen LogP contribution in [0.5, 0.6) is 0 Å². The molecule has 123 heavy (non-hydrogen) atoms. The molecule has 0 saturated carbocycles. The maximum atomic E-state index is 5.19. The van der Waals surface area contributed by atoms with E-state index in [1.807, 2.05) is 46.3 Å². The number of aromatic nitrogens is 10. The maximum Gasteiger partial charge on any atom is 0.147 e. The summed E-state index contributed by atoms with van der Waals surface area (Å²) in [4.78, 5) is 20.4. The van der Waals surface area contributed by atoms with Crippen LogP contribution in [0.3, 0.4) is 0 Å². The molecule has 10 nitrogen and oxygen atoms in total. The van der Waals surface area contributed by atoms with Crippen LogP contribution < -0.4 is 0 Å². The van der Waals surface area contributed by atoms with Gasteiger partial charge in [0.1, 0.15) is 22.6 Å². The zero-order valence-corrected chi connectivity index (χ0v) is 67.9. The number of benzene rings is 17. The second kappa shape index (κ2) is 25.5. The predicted octanol–water partition coefficient (Wildman–Crippen LogP) is 30.2. The van der Waals surface area contributed by atoms with Crippen LogP contribution in [0.1, 0.15) is 0 Å². The molecule has 0 unspecified atom stereocenters. The van der Waals surface area contributed by atoms with Gasteiger partial charge in [-0.05, 0) is 186 Å². The number of hydrogen-bond donors (Lipinski definition) is 0. The highest BCUT2D eigenvalue weighted by atomic mass is 32.1. The summed E-state index contributed by atoms with van der Waals surface area (Å²) >= 11 is 5.61. The lowest BCUT2D eigenvalue weighted by Gasteiger charge is -2.11. The monoisotopic (exact) mass is 1620 g/mol. The number of fused-ring (bicyclic) bond motifs is 45. The summed E-state index contributed by atoms with van der Waals surface area (Å²) < 4.78 is 22.2. The highest BCUT2D eigenvalue weighted by molar-refractivity contribution is 7.27. The Hall–Kier alpha value is -15.6. The van der Waals surface area contributed by atoms with Gasteiger partial charge in [-0.1, -0.05) is 200 Å². The van der Waals surface area contributed by atoms with Crippen molar-refractivity contribution in [1.82, 2.24) is 46.8 Å². The summed E-state index contributed by atoms with van der Waals surface area (Å²) in [5.41, 5.74) is 23.4. The lowest BCUT2D eigenvalue weighted by molar-refractivity contribution is 1.19. The van der Waals surface area contributed by atoms with Crippen molar-refractivity contribution < 1.29 is 0 Å². The quantitative estimate of drug-likeness (QED) is 0.165. The second-order valence-electron chi connectivity index (χ2n) is 32.2. The summed E-state index contributed by atoms with van der Waals surface area (Å²) in [7, 11) is 0. The van der Waals surface area contributed by atoms with Crippen LogP contribution in [0.2, 0.25) is 0 Å². The van der Waals surface area contributed by atoms with Crippen LogP contribution in [0, 0.1) is 0 Å². The van der Waals surface area contributed by atoms with Crippen LogP contribution in [-0.2, 0) is 0 Å². The Balaban J connectivity index is 0.0000000946. The van der Waals surface area contributed by atoms with Crippen molar-refractivity contribution in [2.45, 2.75) is 0 Å². The van der Waals surface area contributed by atoms with Gasteiger partial charge >= 0.3 is 0 Å². The van der Waals surface area contributed by atoms with Gasteiger partial charge in [-0.25, -0.2) is 19.9 Å². The average Bonchev–Trinajstić information content (AvgIpc) is 1.55. The van der Waals surface area contributed by atoms with Crippen molar-refractivity contribution in [3.63, 3.8) is 0 Å². The van der Waals surface area contributed by atoms with Crippen LogP contribution in [0.15, 0.2) is 376 Å². The van der Waals surface area contributed by atoms with E-state index in [2.05, 4.69) is 391 Å². The molecule has 0 amide bonds. The minimum Gasteiger partial charge on any atom is -0.309 e. The lowest BCUT2D eigenvalue weighted by atomic mass is 10.0. The third-order valence-electron chi connectivity index (χ3n) is 25.8. The van der Waals surface area contributed by atoms with E-state index < -0.39 is 0 Å². The molecule has 0 N–H and O–H groups in total. The molecule has 30 rings (SSSR count). The molecule has 13 aromatic heterocycles. The van der Waals surface area contributed by atoms with Crippen molar-refractivity contribution in [2.24, 2.45) is 0 Å². The van der Waals surface area contributed by atoms with Gasteiger partial charge < -0.3 is 13.7 Å². The van der Waals surface area contributed by atoms with Gasteiger partial charge in [-0.15, -0.1) is 34.0 Å². The molecule has 0 aliphatic heterocycles. The smallest absolute Gasteiger partial charge is 0.147 e. The lowest BCUT2D eigenvalue weighted by Crippen LogP contribution is -1.96. The summed E-state index contributed by atoms with van der Waals surface area (Å²) in [5, 5.41) is 26.2. The van der Waals surface area contributed by atoms with E-state index in [0.29, 0.717) is 0 Å². The number of rotatable bonds is 3. The number of thiophene rings is 3. The largest absolute Gasteiger partial charge is 0.309 e. The first kappa shape index (κ1) is 67.3. The van der Waals surface area contributed by atoms with Gasteiger partial charge in [-0.3, -0.25) is 13.2 Å². The minimum atomic E-state index is 0.932. The first-order valence-corrected chi connectivity index (χ1v) is 44.0. The fourth-order valence-electron chi connectivity index (χ4n) is 20.7. The summed E-state index contributed by atoms with van der Waals surface area (Å²) in [5.74, 6) is 0. The predicted molar refractivity (Wildman–Crippen MR) is 523 cm³/mol. The van der Waals surface area contributed by atoms with E-state index in [1.54, 1.807) is 0 Å². The zero-order valence-electron chi connectivity index (χ0n) is 65.5. The molecule has 0 aliphatic rings. The van der Waals surface area contributed by atoms with Crippen LogP contribution in [0.25, 0.3) is 258 Å². The van der Waals surface area contributed by atoms with Gasteiger partial charge in [-0.2, -0.15) is 0 Å². The number of para-hydroxylation sites is 11. The van der Waals surface area contributed by atoms with Crippen LogP contribution in [0.4, 0.5) is 0 Å². The Morgan fingerprint density at radius 1 is 0.179 bits per heavy atom. The van der Waals surface area contributed by atoms with E-state index in [0.717, 1.165) is 72.1 Å². The van der Waals surface area contributed by atoms with Gasteiger partial charge in [0.15, 0.2) is 0 Å². The van der Waals surface area contributed by atoms with Crippen molar-refractivity contribution in [2.75, 3.05) is 0 Å². The SMILES string of the molecule is c1ccc(-n2c3cc4c(cc3c3ccc5sc6ccccc6c5c32)c2ccccc2n2c3ccccc3nc42)cc1.c1ccc(-n2c3cc4c(cc3c3ccc5sc6ccccc6c5c32)c2ccccc2n2c3ccccc3nc42)cc1.c1ccc(-n2c3cc4c(cc3c3ccc5sc6ccccc6c5c32)c2cccnc2n2c3ccccc3nc42)cc1. The normalized spacial score (nSPS) is 12.4. The van der Waals surface area contributed by atoms with Crippen molar-refractivity contribution in [3.8, 4) is 17.1 Å². The molecule has 570 valence electrons. The molecule has 0 aliphatic carbocycles. The maximum absolute atomic E-state index is 5.19. The fraction of sp³-hybridized carbons (Fsp3) is 0. The van der Waals surface area contributed by atoms with Gasteiger partial charge in [0.05, 0.1) is 77.2 Å². The Morgan fingerprint density at radius 2 is 0.480 bits per heavy atom. The molecule has 0 atom stereocenters. The zero-order chi connectivity index (χ0) is 80.0. The average molecular weight is 1620 g/mol. The third kappa shape index (κ3) is 9.44. The molecule has 13 heterocycles. The first-order chi connectivity index (χ1) is 61.0. The Labute approximate surface area is 709 Å². The Bertz CT molecular complexity index is 8970.